The number of phenols is 1. The lowest BCUT2D eigenvalue weighted by Gasteiger charge is -2.33. The molecule has 0 saturated carbocycles. The molecule has 0 radical (unpaired) electrons. The van der Waals surface area contributed by atoms with Gasteiger partial charge in [0.25, 0.3) is 0 Å². The molecule has 0 spiro atoms. The van der Waals surface area contributed by atoms with Gasteiger partial charge in [0.15, 0.2) is 5.82 Å². The number of piperazine rings is 1. The zero-order valence-electron chi connectivity index (χ0n) is 16.0. The van der Waals surface area contributed by atoms with E-state index in [0.29, 0.717) is 0 Å². The Bertz CT molecular complexity index is 1230. The van der Waals surface area contributed by atoms with E-state index in [1.165, 1.54) is 28.0 Å². The maximum atomic E-state index is 15.4. The first-order valence-electron chi connectivity index (χ1n) is 9.15. The first-order valence-corrected chi connectivity index (χ1v) is 9.53. The van der Waals surface area contributed by atoms with Crippen molar-refractivity contribution < 1.29 is 23.5 Å². The topological polar surface area (TPSA) is 86.6 Å². The van der Waals surface area contributed by atoms with Gasteiger partial charge in [0, 0.05) is 24.0 Å². The molecular weight excluding hydrogens is 430 g/mol. The molecule has 31 heavy (non-hydrogen) atoms. The van der Waals surface area contributed by atoms with Crippen LogP contribution in [0.1, 0.15) is 0 Å². The third-order valence-electron chi connectivity index (χ3n) is 5.00. The number of nitrogens with zero attached hydrogens (tertiary/aromatic N) is 4. The van der Waals surface area contributed by atoms with Gasteiger partial charge in [-0.05, 0) is 24.3 Å². The SMILES string of the molecule is C=CC(=O)N1CCN(c2ncnc3c(F)c(-c4c(O)cccc4F)c(Cl)cc23)C(=O)C1. The van der Waals surface area contributed by atoms with Crippen LogP contribution in [0.25, 0.3) is 22.0 Å². The van der Waals surface area contributed by atoms with Crippen LogP contribution in [0, 0.1) is 11.6 Å². The normalized spacial score (nSPS) is 14.2. The molecule has 1 aromatic heterocycles. The molecule has 1 saturated heterocycles. The van der Waals surface area contributed by atoms with Crippen molar-refractivity contribution in [2.75, 3.05) is 24.5 Å². The van der Waals surface area contributed by atoms with Crippen LogP contribution in [0.5, 0.6) is 5.75 Å². The van der Waals surface area contributed by atoms with Gasteiger partial charge in [-0.15, -0.1) is 0 Å². The number of amides is 2. The summed E-state index contributed by atoms with van der Waals surface area (Å²) in [6.07, 6.45) is 2.20. The van der Waals surface area contributed by atoms with Crippen molar-refractivity contribution in [3.05, 3.63) is 59.9 Å². The second-order valence-electron chi connectivity index (χ2n) is 6.78. The highest BCUT2D eigenvalue weighted by atomic mass is 35.5. The number of hydrogen-bond acceptors (Lipinski definition) is 5. The van der Waals surface area contributed by atoms with E-state index in [9.17, 15) is 19.1 Å². The number of carbonyl (C=O) groups is 2. The minimum atomic E-state index is -0.959. The molecule has 3 aromatic rings. The van der Waals surface area contributed by atoms with Gasteiger partial charge in [0.1, 0.15) is 35.8 Å². The van der Waals surface area contributed by atoms with Gasteiger partial charge in [-0.25, -0.2) is 18.7 Å². The molecule has 1 fully saturated rings. The highest BCUT2D eigenvalue weighted by molar-refractivity contribution is 6.34. The van der Waals surface area contributed by atoms with Gasteiger partial charge < -0.3 is 10.0 Å². The fraction of sp³-hybridized carbons (Fsp3) is 0.143. The average molecular weight is 445 g/mol. The molecule has 158 valence electrons. The summed E-state index contributed by atoms with van der Waals surface area (Å²) in [5.41, 5.74) is -0.925. The predicted molar refractivity (Wildman–Crippen MR) is 111 cm³/mol. The summed E-state index contributed by atoms with van der Waals surface area (Å²) in [4.78, 5) is 35.1. The number of fused-ring (bicyclic) bond motifs is 1. The maximum Gasteiger partial charge on any atom is 0.247 e. The number of phenolic OH excluding ortho intramolecular Hbond substituents is 1. The number of aromatic hydroxyl groups is 1. The summed E-state index contributed by atoms with van der Waals surface area (Å²) in [5, 5.41) is 10.0. The van der Waals surface area contributed by atoms with Crippen molar-refractivity contribution in [1.82, 2.24) is 14.9 Å². The van der Waals surface area contributed by atoms with E-state index in [1.54, 1.807) is 0 Å². The van der Waals surface area contributed by atoms with Crippen LogP contribution in [0.2, 0.25) is 5.02 Å². The molecule has 2 aromatic carbocycles. The van der Waals surface area contributed by atoms with Gasteiger partial charge in [-0.3, -0.25) is 14.5 Å². The quantitative estimate of drug-likeness (QED) is 0.626. The standard InChI is InChI=1S/C21H15ClF2N4O3/c1-2-15(30)27-6-7-28(16(31)9-27)21-11-8-12(22)17(19(24)20(11)25-10-26-21)18-13(23)4-3-5-14(18)29/h2-5,8,10,29H,1,6-7,9H2. The molecule has 4 rings (SSSR count). The van der Waals surface area contributed by atoms with Crippen molar-refractivity contribution in [3.63, 3.8) is 0 Å². The number of aromatic nitrogens is 2. The van der Waals surface area contributed by atoms with Crippen molar-refractivity contribution in [3.8, 4) is 16.9 Å². The third kappa shape index (κ3) is 3.46. The second kappa shape index (κ2) is 7.92. The van der Waals surface area contributed by atoms with Gasteiger partial charge in [0.05, 0.1) is 10.6 Å². The molecule has 1 aliphatic heterocycles. The fourth-order valence-corrected chi connectivity index (χ4v) is 3.82. The van der Waals surface area contributed by atoms with Gasteiger partial charge >= 0.3 is 0 Å². The monoisotopic (exact) mass is 444 g/mol. The highest BCUT2D eigenvalue weighted by Crippen LogP contribution is 2.42. The number of rotatable bonds is 3. The van der Waals surface area contributed by atoms with Gasteiger partial charge in [-0.1, -0.05) is 24.2 Å². The molecule has 0 bridgehead atoms. The Labute approximate surface area is 180 Å². The predicted octanol–water partition coefficient (Wildman–Crippen LogP) is 3.30. The second-order valence-corrected chi connectivity index (χ2v) is 7.19. The number of halogens is 3. The Morgan fingerprint density at radius 1 is 1.23 bits per heavy atom. The molecule has 2 heterocycles. The van der Waals surface area contributed by atoms with Crippen LogP contribution in [0.3, 0.4) is 0 Å². The summed E-state index contributed by atoms with van der Waals surface area (Å²) in [7, 11) is 0. The van der Waals surface area contributed by atoms with E-state index in [-0.39, 0.29) is 58.4 Å². The summed E-state index contributed by atoms with van der Waals surface area (Å²) in [6, 6.07) is 4.89. The zero-order valence-corrected chi connectivity index (χ0v) is 16.7. The van der Waals surface area contributed by atoms with E-state index in [4.69, 9.17) is 11.6 Å². The van der Waals surface area contributed by atoms with Crippen LogP contribution in [-0.4, -0.2) is 51.4 Å². The summed E-state index contributed by atoms with van der Waals surface area (Å²) < 4.78 is 29.8. The minimum Gasteiger partial charge on any atom is -0.507 e. The molecular formula is C21H15ClF2N4O3. The largest absolute Gasteiger partial charge is 0.507 e. The van der Waals surface area contributed by atoms with Crippen molar-refractivity contribution in [1.29, 1.82) is 0 Å². The highest BCUT2D eigenvalue weighted by Gasteiger charge is 2.30. The lowest BCUT2D eigenvalue weighted by molar-refractivity contribution is -0.133. The smallest absolute Gasteiger partial charge is 0.247 e. The number of carbonyl (C=O) groups excluding carboxylic acids is 2. The summed E-state index contributed by atoms with van der Waals surface area (Å²) in [5.74, 6) is -2.97. The molecule has 7 nitrogen and oxygen atoms in total. The Morgan fingerprint density at radius 2 is 2.00 bits per heavy atom. The summed E-state index contributed by atoms with van der Waals surface area (Å²) in [6.45, 7) is 3.58. The Balaban J connectivity index is 1.83. The van der Waals surface area contributed by atoms with Crippen molar-refractivity contribution >= 4 is 40.1 Å². The van der Waals surface area contributed by atoms with Crippen LogP contribution in [-0.2, 0) is 9.59 Å². The lowest BCUT2D eigenvalue weighted by atomic mass is 10.0. The van der Waals surface area contributed by atoms with Gasteiger partial charge in [-0.2, -0.15) is 0 Å². The third-order valence-corrected chi connectivity index (χ3v) is 5.30. The van der Waals surface area contributed by atoms with Crippen LogP contribution < -0.4 is 4.90 Å². The number of benzene rings is 2. The zero-order chi connectivity index (χ0) is 22.3. The lowest BCUT2D eigenvalue weighted by Crippen LogP contribution is -2.52. The number of hydrogen-bond donors (Lipinski definition) is 1. The van der Waals surface area contributed by atoms with E-state index in [2.05, 4.69) is 16.5 Å². The van der Waals surface area contributed by atoms with E-state index >= 15 is 4.39 Å². The Kier molecular flexibility index (Phi) is 5.28. The van der Waals surface area contributed by atoms with E-state index < -0.39 is 23.3 Å². The Hall–Kier alpha value is -3.59. The van der Waals surface area contributed by atoms with Crippen LogP contribution in [0.4, 0.5) is 14.6 Å². The molecule has 2 amide bonds. The van der Waals surface area contributed by atoms with E-state index in [1.807, 2.05) is 0 Å². The minimum absolute atomic E-state index is 0.116. The first kappa shape index (κ1) is 20.7. The van der Waals surface area contributed by atoms with Crippen molar-refractivity contribution in [2.24, 2.45) is 0 Å². The maximum absolute atomic E-state index is 15.4. The Morgan fingerprint density at radius 3 is 2.68 bits per heavy atom. The fourth-order valence-electron chi connectivity index (χ4n) is 3.54. The van der Waals surface area contributed by atoms with Crippen molar-refractivity contribution in [2.45, 2.75) is 0 Å². The van der Waals surface area contributed by atoms with Crippen LogP contribution >= 0.6 is 11.6 Å². The molecule has 0 unspecified atom stereocenters. The summed E-state index contributed by atoms with van der Waals surface area (Å²) >= 11 is 6.28. The molecule has 1 N–H and O–H groups in total. The molecule has 0 atom stereocenters. The van der Waals surface area contributed by atoms with E-state index in [0.717, 1.165) is 18.5 Å². The first-order chi connectivity index (χ1) is 14.8. The molecule has 10 heteroatoms. The van der Waals surface area contributed by atoms with Crippen LogP contribution in [0.15, 0.2) is 43.2 Å². The van der Waals surface area contributed by atoms with Gasteiger partial charge in [0.2, 0.25) is 11.8 Å². The number of anilines is 1. The average Bonchev–Trinajstić information content (AvgIpc) is 2.75. The molecule has 1 aliphatic rings. The molecule has 0 aliphatic carbocycles.